The van der Waals surface area contributed by atoms with E-state index in [0.29, 0.717) is 0 Å². The van der Waals surface area contributed by atoms with Gasteiger partial charge in [-0.05, 0) is 50.1 Å². The van der Waals surface area contributed by atoms with E-state index >= 15 is 0 Å². The van der Waals surface area contributed by atoms with Crippen molar-refractivity contribution in [2.45, 2.75) is 46.1 Å². The van der Waals surface area contributed by atoms with E-state index in [9.17, 15) is 4.39 Å². The van der Waals surface area contributed by atoms with Crippen LogP contribution in [0, 0.1) is 12.7 Å². The number of benzene rings is 1. The van der Waals surface area contributed by atoms with Gasteiger partial charge in [-0.15, -0.1) is 0 Å². The Labute approximate surface area is 110 Å². The second kappa shape index (κ2) is 8.09. The molecule has 0 bridgehead atoms. The van der Waals surface area contributed by atoms with Gasteiger partial charge in [-0.1, -0.05) is 20.3 Å². The summed E-state index contributed by atoms with van der Waals surface area (Å²) in [6.45, 7) is 8.02. The van der Waals surface area contributed by atoms with Gasteiger partial charge in [0.05, 0.1) is 0 Å². The van der Waals surface area contributed by atoms with Crippen LogP contribution in [0.15, 0.2) is 18.2 Å². The normalized spacial score (nSPS) is 12.4. The standard InChI is InChI=1S/C15H24FNO/c1-4-6-14(11-17-9-5-2)18-15-8-7-13(16)10-12(15)3/h7-8,10,14,17H,4-6,9,11H2,1-3H3. The van der Waals surface area contributed by atoms with Crippen LogP contribution in [0.3, 0.4) is 0 Å². The summed E-state index contributed by atoms with van der Waals surface area (Å²) >= 11 is 0. The SMILES string of the molecule is CCCNCC(CCC)Oc1ccc(F)cc1C. The van der Waals surface area contributed by atoms with Crippen LogP contribution in [0.5, 0.6) is 5.75 Å². The molecule has 102 valence electrons. The summed E-state index contributed by atoms with van der Waals surface area (Å²) in [4.78, 5) is 0. The number of hydrogen-bond acceptors (Lipinski definition) is 2. The van der Waals surface area contributed by atoms with E-state index in [1.165, 1.54) is 12.1 Å². The molecule has 18 heavy (non-hydrogen) atoms. The molecule has 0 aliphatic rings. The predicted octanol–water partition coefficient (Wildman–Crippen LogP) is 3.68. The highest BCUT2D eigenvalue weighted by Crippen LogP contribution is 2.20. The molecule has 0 saturated heterocycles. The summed E-state index contributed by atoms with van der Waals surface area (Å²) in [5, 5.41) is 3.37. The Kier molecular flexibility index (Phi) is 6.73. The average Bonchev–Trinajstić information content (AvgIpc) is 2.33. The first kappa shape index (κ1) is 15.0. The van der Waals surface area contributed by atoms with Gasteiger partial charge in [0.1, 0.15) is 17.7 Å². The number of ether oxygens (including phenoxy) is 1. The van der Waals surface area contributed by atoms with E-state index in [2.05, 4.69) is 19.2 Å². The van der Waals surface area contributed by atoms with Crippen LogP contribution in [-0.2, 0) is 0 Å². The number of halogens is 1. The fourth-order valence-electron chi connectivity index (χ4n) is 1.89. The van der Waals surface area contributed by atoms with E-state index in [1.54, 1.807) is 6.07 Å². The first-order valence-electron chi connectivity index (χ1n) is 6.80. The molecular weight excluding hydrogens is 229 g/mol. The molecule has 1 rings (SSSR count). The number of aryl methyl sites for hydroxylation is 1. The van der Waals surface area contributed by atoms with E-state index in [-0.39, 0.29) is 11.9 Å². The van der Waals surface area contributed by atoms with Gasteiger partial charge in [0.2, 0.25) is 0 Å². The second-order valence-electron chi connectivity index (χ2n) is 4.64. The van der Waals surface area contributed by atoms with Crippen molar-refractivity contribution in [2.24, 2.45) is 0 Å². The number of hydrogen-bond donors (Lipinski definition) is 1. The van der Waals surface area contributed by atoms with Gasteiger partial charge in [-0.2, -0.15) is 0 Å². The topological polar surface area (TPSA) is 21.3 Å². The molecule has 1 aromatic carbocycles. The maximum absolute atomic E-state index is 13.0. The molecule has 0 aromatic heterocycles. The van der Waals surface area contributed by atoms with E-state index in [1.807, 2.05) is 6.92 Å². The number of rotatable bonds is 8. The summed E-state index contributed by atoms with van der Waals surface area (Å²) in [7, 11) is 0. The Morgan fingerprint density at radius 1 is 1.28 bits per heavy atom. The summed E-state index contributed by atoms with van der Waals surface area (Å²) in [5.74, 6) is 0.573. The quantitative estimate of drug-likeness (QED) is 0.714. The van der Waals surface area contributed by atoms with Crippen molar-refractivity contribution in [1.82, 2.24) is 5.32 Å². The zero-order valence-corrected chi connectivity index (χ0v) is 11.6. The van der Waals surface area contributed by atoms with Crippen LogP contribution in [0.25, 0.3) is 0 Å². The Morgan fingerprint density at radius 3 is 2.67 bits per heavy atom. The largest absolute Gasteiger partial charge is 0.489 e. The predicted molar refractivity (Wildman–Crippen MR) is 73.6 cm³/mol. The summed E-state index contributed by atoms with van der Waals surface area (Å²) < 4.78 is 19.0. The molecule has 0 aliphatic heterocycles. The van der Waals surface area contributed by atoms with Crippen molar-refractivity contribution in [3.8, 4) is 5.75 Å². The minimum Gasteiger partial charge on any atom is -0.489 e. The van der Waals surface area contributed by atoms with Crippen LogP contribution in [0.2, 0.25) is 0 Å². The molecule has 0 spiro atoms. The molecule has 0 heterocycles. The molecule has 0 saturated carbocycles. The highest BCUT2D eigenvalue weighted by atomic mass is 19.1. The van der Waals surface area contributed by atoms with Crippen LogP contribution in [0.4, 0.5) is 4.39 Å². The van der Waals surface area contributed by atoms with E-state index < -0.39 is 0 Å². The lowest BCUT2D eigenvalue weighted by molar-refractivity contribution is 0.185. The zero-order valence-electron chi connectivity index (χ0n) is 11.6. The third kappa shape index (κ3) is 5.05. The van der Waals surface area contributed by atoms with Crippen LogP contribution < -0.4 is 10.1 Å². The van der Waals surface area contributed by atoms with Gasteiger partial charge in [0.25, 0.3) is 0 Å². The van der Waals surface area contributed by atoms with Gasteiger partial charge < -0.3 is 10.1 Å². The van der Waals surface area contributed by atoms with Crippen molar-refractivity contribution in [1.29, 1.82) is 0 Å². The highest BCUT2D eigenvalue weighted by molar-refractivity contribution is 5.32. The van der Waals surface area contributed by atoms with Crippen molar-refractivity contribution >= 4 is 0 Å². The van der Waals surface area contributed by atoms with Crippen LogP contribution in [-0.4, -0.2) is 19.2 Å². The smallest absolute Gasteiger partial charge is 0.123 e. The van der Waals surface area contributed by atoms with Crippen LogP contribution >= 0.6 is 0 Å². The Balaban J connectivity index is 2.58. The molecule has 2 nitrogen and oxygen atoms in total. The van der Waals surface area contributed by atoms with Crippen molar-refractivity contribution < 1.29 is 9.13 Å². The summed E-state index contributed by atoms with van der Waals surface area (Å²) in [6, 6.07) is 4.68. The molecule has 0 aliphatic carbocycles. The molecular formula is C15H24FNO. The maximum Gasteiger partial charge on any atom is 0.123 e. The fourth-order valence-corrected chi connectivity index (χ4v) is 1.89. The van der Waals surface area contributed by atoms with Crippen molar-refractivity contribution in [3.05, 3.63) is 29.6 Å². The Hall–Kier alpha value is -1.09. The Bertz CT molecular complexity index is 354. The molecule has 1 aromatic rings. The second-order valence-corrected chi connectivity index (χ2v) is 4.64. The Morgan fingerprint density at radius 2 is 2.06 bits per heavy atom. The minimum atomic E-state index is -0.212. The maximum atomic E-state index is 13.0. The third-order valence-corrected chi connectivity index (χ3v) is 2.84. The molecule has 0 amide bonds. The summed E-state index contributed by atoms with van der Waals surface area (Å²) in [5.41, 5.74) is 0.853. The van der Waals surface area contributed by atoms with Crippen LogP contribution in [0.1, 0.15) is 38.7 Å². The van der Waals surface area contributed by atoms with Gasteiger partial charge in [-0.3, -0.25) is 0 Å². The lowest BCUT2D eigenvalue weighted by Crippen LogP contribution is -2.32. The van der Waals surface area contributed by atoms with E-state index in [4.69, 9.17) is 4.74 Å². The molecule has 0 fully saturated rings. The van der Waals surface area contributed by atoms with Crippen molar-refractivity contribution in [3.63, 3.8) is 0 Å². The molecule has 1 unspecified atom stereocenters. The molecule has 0 radical (unpaired) electrons. The van der Waals surface area contributed by atoms with Gasteiger partial charge >= 0.3 is 0 Å². The number of nitrogens with one attached hydrogen (secondary N) is 1. The lowest BCUT2D eigenvalue weighted by Gasteiger charge is -2.20. The molecule has 1 N–H and O–H groups in total. The zero-order chi connectivity index (χ0) is 13.4. The van der Waals surface area contributed by atoms with Gasteiger partial charge in [0, 0.05) is 6.54 Å². The molecule has 3 heteroatoms. The first-order chi connectivity index (χ1) is 8.67. The summed E-state index contributed by atoms with van der Waals surface area (Å²) in [6.07, 6.45) is 3.37. The van der Waals surface area contributed by atoms with Gasteiger partial charge in [-0.25, -0.2) is 4.39 Å². The van der Waals surface area contributed by atoms with Crippen molar-refractivity contribution in [2.75, 3.05) is 13.1 Å². The average molecular weight is 253 g/mol. The third-order valence-electron chi connectivity index (χ3n) is 2.84. The fraction of sp³-hybridized carbons (Fsp3) is 0.600. The van der Waals surface area contributed by atoms with E-state index in [0.717, 1.165) is 43.7 Å². The molecule has 1 atom stereocenters. The first-order valence-corrected chi connectivity index (χ1v) is 6.80. The monoisotopic (exact) mass is 253 g/mol. The highest BCUT2D eigenvalue weighted by Gasteiger charge is 2.11. The minimum absolute atomic E-state index is 0.158. The lowest BCUT2D eigenvalue weighted by atomic mass is 10.2. The van der Waals surface area contributed by atoms with Gasteiger partial charge in [0.15, 0.2) is 0 Å².